The van der Waals surface area contributed by atoms with Gasteiger partial charge in [0.05, 0.1) is 11.0 Å². The number of fused-ring (bicyclic) bond motifs is 1. The molecule has 0 aliphatic rings. The van der Waals surface area contributed by atoms with E-state index in [0.717, 1.165) is 34.4 Å². The number of hydrogen-bond donors (Lipinski definition) is 1. The van der Waals surface area contributed by atoms with Gasteiger partial charge in [0, 0.05) is 32.1 Å². The van der Waals surface area contributed by atoms with E-state index in [9.17, 15) is 9.59 Å². The number of para-hydroxylation sites is 2. The Bertz CT molecular complexity index is 1280. The number of likely N-dealkylation sites (N-methyl/N-ethyl adjacent to an activating group) is 1. The van der Waals surface area contributed by atoms with E-state index >= 15 is 0 Å². The molecule has 0 spiro atoms. The van der Waals surface area contributed by atoms with Gasteiger partial charge in [-0.1, -0.05) is 60.7 Å². The molecular formula is C28H30N4O2. The molecule has 0 radical (unpaired) electrons. The first-order chi connectivity index (χ1) is 16.5. The molecule has 4 aromatic rings. The quantitative estimate of drug-likeness (QED) is 0.382. The van der Waals surface area contributed by atoms with E-state index in [1.165, 1.54) is 0 Å². The highest BCUT2D eigenvalue weighted by molar-refractivity contribution is 5.95. The van der Waals surface area contributed by atoms with Gasteiger partial charge in [0.25, 0.3) is 5.91 Å². The van der Waals surface area contributed by atoms with Crippen LogP contribution in [0.15, 0.2) is 78.9 Å². The van der Waals surface area contributed by atoms with Crippen LogP contribution in [0.1, 0.15) is 33.7 Å². The van der Waals surface area contributed by atoms with E-state index < -0.39 is 0 Å². The van der Waals surface area contributed by atoms with Crippen LogP contribution in [-0.2, 0) is 24.3 Å². The Morgan fingerprint density at radius 2 is 1.65 bits per heavy atom. The number of carbonyl (C=O) groups is 2. The molecule has 0 saturated carbocycles. The number of imidazole rings is 1. The molecule has 0 fully saturated rings. The van der Waals surface area contributed by atoms with E-state index in [2.05, 4.69) is 5.32 Å². The van der Waals surface area contributed by atoms with Crippen molar-refractivity contribution in [1.29, 1.82) is 0 Å². The first-order valence-electron chi connectivity index (χ1n) is 11.6. The van der Waals surface area contributed by atoms with Gasteiger partial charge in [-0.2, -0.15) is 0 Å². The summed E-state index contributed by atoms with van der Waals surface area (Å²) in [5, 5.41) is 3.00. The highest BCUT2D eigenvalue weighted by Gasteiger charge is 2.16. The van der Waals surface area contributed by atoms with Crippen molar-refractivity contribution in [2.75, 3.05) is 13.6 Å². The van der Waals surface area contributed by atoms with Crippen molar-refractivity contribution in [3.63, 3.8) is 0 Å². The van der Waals surface area contributed by atoms with Crippen LogP contribution >= 0.6 is 0 Å². The Morgan fingerprint density at radius 3 is 2.44 bits per heavy atom. The van der Waals surface area contributed by atoms with Gasteiger partial charge in [-0.25, -0.2) is 4.98 Å². The summed E-state index contributed by atoms with van der Waals surface area (Å²) in [6.45, 7) is 3.27. The van der Waals surface area contributed by atoms with Crippen molar-refractivity contribution in [3.05, 3.63) is 101 Å². The molecule has 0 bridgehead atoms. The number of benzene rings is 3. The fourth-order valence-electron chi connectivity index (χ4n) is 4.07. The average Bonchev–Trinajstić information content (AvgIpc) is 3.19. The van der Waals surface area contributed by atoms with Crippen LogP contribution in [0, 0.1) is 6.92 Å². The molecule has 1 aromatic heterocycles. The zero-order valence-electron chi connectivity index (χ0n) is 19.7. The summed E-state index contributed by atoms with van der Waals surface area (Å²) >= 11 is 0. The van der Waals surface area contributed by atoms with Gasteiger partial charge in [0.1, 0.15) is 12.4 Å². The van der Waals surface area contributed by atoms with Crippen LogP contribution in [0.5, 0.6) is 0 Å². The van der Waals surface area contributed by atoms with Crippen LogP contribution in [0.25, 0.3) is 11.0 Å². The van der Waals surface area contributed by atoms with Crippen LogP contribution < -0.4 is 5.32 Å². The first kappa shape index (κ1) is 23.2. The largest absolute Gasteiger partial charge is 0.352 e. The number of amides is 2. The number of aromatic nitrogens is 2. The van der Waals surface area contributed by atoms with E-state index in [-0.39, 0.29) is 18.4 Å². The van der Waals surface area contributed by atoms with Crippen molar-refractivity contribution in [2.45, 2.75) is 32.9 Å². The molecule has 0 saturated heterocycles. The summed E-state index contributed by atoms with van der Waals surface area (Å²) in [5.74, 6) is 0.818. The Balaban J connectivity index is 1.41. The fraction of sp³-hybridized carbons (Fsp3) is 0.250. The maximum absolute atomic E-state index is 13.0. The smallest absolute Gasteiger partial charge is 0.251 e. The molecule has 174 valence electrons. The molecular weight excluding hydrogens is 424 g/mol. The molecule has 4 rings (SSSR count). The van der Waals surface area contributed by atoms with Gasteiger partial charge in [0.2, 0.25) is 5.91 Å². The van der Waals surface area contributed by atoms with E-state index in [1.807, 2.05) is 97.4 Å². The third-order valence-electron chi connectivity index (χ3n) is 5.97. The number of carbonyl (C=O) groups excluding carboxylic acids is 2. The van der Waals surface area contributed by atoms with Crippen LogP contribution in [0.2, 0.25) is 0 Å². The summed E-state index contributed by atoms with van der Waals surface area (Å²) in [4.78, 5) is 32.0. The van der Waals surface area contributed by atoms with Gasteiger partial charge in [-0.15, -0.1) is 0 Å². The summed E-state index contributed by atoms with van der Waals surface area (Å²) in [7, 11) is 1.83. The predicted molar refractivity (Wildman–Crippen MR) is 134 cm³/mol. The Hall–Kier alpha value is -3.93. The zero-order valence-corrected chi connectivity index (χ0v) is 19.7. The van der Waals surface area contributed by atoms with Gasteiger partial charge in [0.15, 0.2) is 0 Å². The van der Waals surface area contributed by atoms with Crippen molar-refractivity contribution in [2.24, 2.45) is 0 Å². The maximum atomic E-state index is 13.0. The SMILES string of the molecule is Cc1ccccc1C(=O)NCCCc1nc2ccccc2n1CC(=O)N(C)Cc1ccccc1. The molecule has 34 heavy (non-hydrogen) atoms. The van der Waals surface area contributed by atoms with Crippen molar-refractivity contribution in [1.82, 2.24) is 19.8 Å². The average molecular weight is 455 g/mol. The number of rotatable bonds is 9. The minimum atomic E-state index is -0.0654. The summed E-state index contributed by atoms with van der Waals surface area (Å²) in [6, 6.07) is 25.4. The molecule has 0 atom stereocenters. The lowest BCUT2D eigenvalue weighted by Crippen LogP contribution is -2.30. The minimum absolute atomic E-state index is 0.0288. The number of hydrogen-bond acceptors (Lipinski definition) is 3. The van der Waals surface area contributed by atoms with Crippen LogP contribution in [0.4, 0.5) is 0 Å². The second kappa shape index (κ2) is 10.8. The first-order valence-corrected chi connectivity index (χ1v) is 11.6. The predicted octanol–water partition coefficient (Wildman–Crippen LogP) is 4.37. The minimum Gasteiger partial charge on any atom is -0.352 e. The van der Waals surface area contributed by atoms with Crippen molar-refractivity contribution < 1.29 is 9.59 Å². The Morgan fingerprint density at radius 1 is 0.941 bits per heavy atom. The fourth-order valence-corrected chi connectivity index (χ4v) is 4.07. The van der Waals surface area contributed by atoms with Crippen LogP contribution in [-0.4, -0.2) is 39.9 Å². The Labute approximate surface area is 200 Å². The lowest BCUT2D eigenvalue weighted by atomic mass is 10.1. The second-order valence-electron chi connectivity index (χ2n) is 8.51. The van der Waals surface area contributed by atoms with E-state index in [4.69, 9.17) is 4.98 Å². The second-order valence-corrected chi connectivity index (χ2v) is 8.51. The maximum Gasteiger partial charge on any atom is 0.251 e. The molecule has 1 N–H and O–H groups in total. The molecule has 1 heterocycles. The van der Waals surface area contributed by atoms with Crippen LogP contribution in [0.3, 0.4) is 0 Å². The third kappa shape index (κ3) is 5.52. The lowest BCUT2D eigenvalue weighted by Gasteiger charge is -2.19. The summed E-state index contributed by atoms with van der Waals surface area (Å²) < 4.78 is 2.00. The topological polar surface area (TPSA) is 67.2 Å². The van der Waals surface area contributed by atoms with Gasteiger partial charge in [-0.3, -0.25) is 9.59 Å². The van der Waals surface area contributed by atoms with Gasteiger partial charge in [-0.05, 0) is 42.7 Å². The molecule has 0 aliphatic heterocycles. The number of aryl methyl sites for hydroxylation is 2. The summed E-state index contributed by atoms with van der Waals surface area (Å²) in [5.41, 5.74) is 4.57. The number of nitrogens with zero attached hydrogens (tertiary/aromatic N) is 3. The zero-order chi connectivity index (χ0) is 23.9. The molecule has 0 aliphatic carbocycles. The van der Waals surface area contributed by atoms with Crippen molar-refractivity contribution in [3.8, 4) is 0 Å². The van der Waals surface area contributed by atoms with Crippen molar-refractivity contribution >= 4 is 22.8 Å². The standard InChI is InChI=1S/C28H30N4O2/c1-21-11-6-7-14-23(21)28(34)29-18-10-17-26-30-24-15-8-9-16-25(24)32(26)20-27(33)31(2)19-22-12-4-3-5-13-22/h3-9,11-16H,10,17-20H2,1-2H3,(H,29,34). The Kier molecular flexibility index (Phi) is 7.38. The molecule has 0 unspecified atom stereocenters. The third-order valence-corrected chi connectivity index (χ3v) is 5.97. The normalized spacial score (nSPS) is 10.9. The molecule has 2 amide bonds. The highest BCUT2D eigenvalue weighted by Crippen LogP contribution is 2.18. The number of nitrogens with one attached hydrogen (secondary N) is 1. The monoisotopic (exact) mass is 454 g/mol. The van der Waals surface area contributed by atoms with E-state index in [0.29, 0.717) is 25.1 Å². The highest BCUT2D eigenvalue weighted by atomic mass is 16.2. The molecule has 6 nitrogen and oxygen atoms in total. The molecule has 3 aromatic carbocycles. The van der Waals surface area contributed by atoms with Gasteiger partial charge < -0.3 is 14.8 Å². The van der Waals surface area contributed by atoms with Gasteiger partial charge >= 0.3 is 0 Å². The molecule has 6 heteroatoms. The van der Waals surface area contributed by atoms with E-state index in [1.54, 1.807) is 4.90 Å². The lowest BCUT2D eigenvalue weighted by molar-refractivity contribution is -0.131. The summed E-state index contributed by atoms with van der Waals surface area (Å²) in [6.07, 6.45) is 1.40.